The summed E-state index contributed by atoms with van der Waals surface area (Å²) in [4.78, 5) is 10.9. The number of benzene rings is 1. The Morgan fingerprint density at radius 1 is 1.18 bits per heavy atom. The quantitative estimate of drug-likeness (QED) is 0.486. The lowest BCUT2D eigenvalue weighted by Gasteiger charge is -2.32. The Morgan fingerprint density at radius 2 is 1.97 bits per heavy atom. The Kier molecular flexibility index (Phi) is 5.15. The minimum absolute atomic E-state index is 0.00124. The van der Waals surface area contributed by atoms with Crippen molar-refractivity contribution in [1.29, 1.82) is 0 Å². The van der Waals surface area contributed by atoms with E-state index in [-0.39, 0.29) is 34.5 Å². The molecular weight excluding hydrogens is 430 g/mol. The maximum atomic E-state index is 14.3. The van der Waals surface area contributed by atoms with Crippen LogP contribution in [-0.2, 0) is 0 Å². The first-order valence-corrected chi connectivity index (χ1v) is 11.0. The molecule has 0 radical (unpaired) electrons. The number of aliphatic hydroxyl groups excluding tert-OH is 1. The summed E-state index contributed by atoms with van der Waals surface area (Å²) in [6, 6.07) is 1.85. The van der Waals surface area contributed by atoms with Gasteiger partial charge < -0.3 is 15.7 Å². The Hall–Kier alpha value is -3.34. The van der Waals surface area contributed by atoms with Gasteiger partial charge in [-0.15, -0.1) is 5.10 Å². The predicted molar refractivity (Wildman–Crippen MR) is 120 cm³/mol. The van der Waals surface area contributed by atoms with Gasteiger partial charge in [0.1, 0.15) is 11.3 Å². The van der Waals surface area contributed by atoms with E-state index in [0.29, 0.717) is 12.4 Å². The second-order valence-electron chi connectivity index (χ2n) is 8.81. The third-order valence-corrected chi connectivity index (χ3v) is 6.47. The van der Waals surface area contributed by atoms with Crippen molar-refractivity contribution >= 4 is 28.2 Å². The molecule has 0 aliphatic carbocycles. The van der Waals surface area contributed by atoms with E-state index in [2.05, 4.69) is 25.1 Å². The van der Waals surface area contributed by atoms with Crippen molar-refractivity contribution < 1.29 is 13.9 Å². The van der Waals surface area contributed by atoms with Gasteiger partial charge in [-0.25, -0.2) is 18.7 Å². The number of halogens is 2. The highest BCUT2D eigenvalue weighted by molar-refractivity contribution is 5.92. The largest absolute Gasteiger partial charge is 0.391 e. The van der Waals surface area contributed by atoms with E-state index in [9.17, 15) is 13.9 Å². The van der Waals surface area contributed by atoms with E-state index in [1.807, 2.05) is 20.0 Å². The van der Waals surface area contributed by atoms with Gasteiger partial charge in [0, 0.05) is 31.3 Å². The maximum absolute atomic E-state index is 14.3. The van der Waals surface area contributed by atoms with Crippen molar-refractivity contribution in [2.75, 3.05) is 23.7 Å². The summed E-state index contributed by atoms with van der Waals surface area (Å²) in [7, 11) is 0. The van der Waals surface area contributed by atoms with Crippen LogP contribution in [0.15, 0.2) is 18.3 Å². The van der Waals surface area contributed by atoms with Gasteiger partial charge >= 0.3 is 0 Å². The van der Waals surface area contributed by atoms with E-state index in [0.717, 1.165) is 36.8 Å². The van der Waals surface area contributed by atoms with Crippen LogP contribution in [0.5, 0.6) is 0 Å². The van der Waals surface area contributed by atoms with Crippen LogP contribution < -0.4 is 10.6 Å². The molecule has 33 heavy (non-hydrogen) atoms. The molecule has 4 aromatic rings. The summed E-state index contributed by atoms with van der Waals surface area (Å²) in [5.41, 5.74) is 8.17. The number of nitrogens with two attached hydrogens (primary N) is 1. The number of hydrogen-bond donors (Lipinski definition) is 2. The van der Waals surface area contributed by atoms with Crippen LogP contribution >= 0.6 is 0 Å². The second-order valence-corrected chi connectivity index (χ2v) is 8.81. The molecule has 5 rings (SSSR count). The molecule has 1 unspecified atom stereocenters. The molecule has 1 fully saturated rings. The molecule has 3 aromatic heterocycles. The number of aryl methyl sites for hydroxylation is 1. The summed E-state index contributed by atoms with van der Waals surface area (Å²) in [6.07, 6.45) is 3.25. The first-order chi connectivity index (χ1) is 15.7. The summed E-state index contributed by atoms with van der Waals surface area (Å²) in [5.74, 6) is -0.929. The number of nitrogens with zero attached hydrogens (tertiary/aromatic N) is 7. The van der Waals surface area contributed by atoms with Crippen LogP contribution in [0.2, 0.25) is 0 Å². The Bertz CT molecular complexity index is 1350. The molecule has 4 heterocycles. The number of anilines is 2. The Labute approximate surface area is 188 Å². The topological polar surface area (TPSA) is 110 Å². The van der Waals surface area contributed by atoms with Crippen molar-refractivity contribution in [3.8, 4) is 0 Å². The van der Waals surface area contributed by atoms with Crippen molar-refractivity contribution in [2.45, 2.75) is 51.7 Å². The van der Waals surface area contributed by atoms with Crippen LogP contribution in [0.25, 0.3) is 16.6 Å². The van der Waals surface area contributed by atoms with Gasteiger partial charge in [0.15, 0.2) is 17.3 Å². The van der Waals surface area contributed by atoms with Gasteiger partial charge in [-0.1, -0.05) is 0 Å². The summed E-state index contributed by atoms with van der Waals surface area (Å²) in [5, 5.41) is 19.3. The van der Waals surface area contributed by atoms with Gasteiger partial charge in [-0.2, -0.15) is 9.61 Å². The van der Waals surface area contributed by atoms with E-state index >= 15 is 0 Å². The SMILES string of the molecule is Cc1nn([C@@H](C)[C@H](C)O)cc1N1CCCC(c2nc3c4cc(F)cc(F)c4nc(N)n3n2)C1. The van der Waals surface area contributed by atoms with Gasteiger partial charge in [0.25, 0.3) is 0 Å². The molecule has 174 valence electrons. The lowest BCUT2D eigenvalue weighted by Crippen LogP contribution is -2.35. The molecule has 1 aliphatic rings. The van der Waals surface area contributed by atoms with Gasteiger partial charge in [-0.05, 0) is 39.7 Å². The third-order valence-electron chi connectivity index (χ3n) is 6.47. The number of rotatable bonds is 4. The number of nitrogen functional groups attached to an aromatic ring is 1. The maximum Gasteiger partial charge on any atom is 0.223 e. The molecular formula is C22H26F2N8O. The molecule has 3 N–H and O–H groups in total. The highest BCUT2D eigenvalue weighted by atomic mass is 19.1. The second kappa shape index (κ2) is 7.91. The highest BCUT2D eigenvalue weighted by Crippen LogP contribution is 2.32. The number of piperidine rings is 1. The van der Waals surface area contributed by atoms with Gasteiger partial charge in [0.05, 0.1) is 28.9 Å². The molecule has 1 aliphatic heterocycles. The van der Waals surface area contributed by atoms with E-state index in [4.69, 9.17) is 5.73 Å². The fraction of sp³-hybridized carbons (Fsp3) is 0.455. The van der Waals surface area contributed by atoms with Crippen molar-refractivity contribution in [1.82, 2.24) is 29.4 Å². The zero-order valence-corrected chi connectivity index (χ0v) is 18.7. The molecule has 9 nitrogen and oxygen atoms in total. The van der Waals surface area contributed by atoms with Crippen LogP contribution in [0, 0.1) is 18.6 Å². The first kappa shape index (κ1) is 21.5. The zero-order valence-electron chi connectivity index (χ0n) is 18.7. The molecule has 1 aromatic carbocycles. The lowest BCUT2D eigenvalue weighted by molar-refractivity contribution is 0.132. The Morgan fingerprint density at radius 3 is 2.73 bits per heavy atom. The minimum atomic E-state index is -0.786. The molecule has 11 heteroatoms. The fourth-order valence-electron chi connectivity index (χ4n) is 4.47. The average Bonchev–Trinajstić information content (AvgIpc) is 3.39. The van der Waals surface area contributed by atoms with E-state index in [1.165, 1.54) is 10.6 Å². The summed E-state index contributed by atoms with van der Waals surface area (Å²) in [6.45, 7) is 7.15. The number of fused-ring (bicyclic) bond motifs is 3. The molecule has 0 bridgehead atoms. The summed E-state index contributed by atoms with van der Waals surface area (Å²) < 4.78 is 31.3. The van der Waals surface area contributed by atoms with Gasteiger partial charge in [0.2, 0.25) is 5.95 Å². The Balaban J connectivity index is 1.50. The van der Waals surface area contributed by atoms with Gasteiger partial charge in [-0.3, -0.25) is 4.68 Å². The standard InChI is InChI=1S/C22H26F2N8O/c1-11-18(10-31(28-11)12(2)13(3)33)30-6-4-5-14(9-30)20-27-21-16-7-15(23)8-17(24)19(16)26-22(25)32(21)29-20/h7-8,10,12-14,33H,4-6,9H2,1-3H3,(H2,25,26)/t12-,13-,14?/m0/s1. The molecule has 1 saturated heterocycles. The third kappa shape index (κ3) is 3.65. The number of aromatic nitrogens is 6. The van der Waals surface area contributed by atoms with Crippen molar-refractivity contribution in [3.05, 3.63) is 41.5 Å². The van der Waals surface area contributed by atoms with Crippen LogP contribution in [0.3, 0.4) is 0 Å². The van der Waals surface area contributed by atoms with E-state index in [1.54, 1.807) is 11.6 Å². The van der Waals surface area contributed by atoms with Crippen molar-refractivity contribution in [3.63, 3.8) is 0 Å². The minimum Gasteiger partial charge on any atom is -0.391 e. The predicted octanol–water partition coefficient (Wildman–Crippen LogP) is 2.97. The fourth-order valence-corrected chi connectivity index (χ4v) is 4.47. The number of hydrogen-bond acceptors (Lipinski definition) is 7. The highest BCUT2D eigenvalue weighted by Gasteiger charge is 2.28. The molecule has 3 atom stereocenters. The monoisotopic (exact) mass is 456 g/mol. The average molecular weight is 457 g/mol. The molecule has 0 spiro atoms. The lowest BCUT2D eigenvalue weighted by atomic mass is 9.97. The summed E-state index contributed by atoms with van der Waals surface area (Å²) >= 11 is 0. The van der Waals surface area contributed by atoms with Crippen LogP contribution in [0.1, 0.15) is 50.2 Å². The first-order valence-electron chi connectivity index (χ1n) is 11.0. The smallest absolute Gasteiger partial charge is 0.223 e. The van der Waals surface area contributed by atoms with E-state index < -0.39 is 17.7 Å². The molecule has 0 saturated carbocycles. The molecule has 0 amide bonds. The van der Waals surface area contributed by atoms with Crippen LogP contribution in [0.4, 0.5) is 20.4 Å². The normalized spacial score (nSPS) is 18.8. The zero-order chi connectivity index (χ0) is 23.4. The number of aliphatic hydroxyl groups is 1. The van der Waals surface area contributed by atoms with Crippen molar-refractivity contribution in [2.24, 2.45) is 0 Å². The van der Waals surface area contributed by atoms with Crippen LogP contribution in [-0.4, -0.2) is 53.7 Å².